The molecule has 216 valence electrons. The molecule has 0 bridgehead atoms. The molecule has 4 rings (SSSR count). The van der Waals surface area contributed by atoms with Crippen LogP contribution in [0.5, 0.6) is 0 Å². The number of ether oxygens (including phenoxy) is 1. The van der Waals surface area contributed by atoms with E-state index >= 15 is 0 Å². The van der Waals surface area contributed by atoms with Crippen LogP contribution in [0.2, 0.25) is 0 Å². The largest absolute Gasteiger partial charge is 0.481 e. The molecule has 8 nitrogen and oxygen atoms in total. The molecular weight excluding hydrogens is 518 g/mol. The van der Waals surface area contributed by atoms with Gasteiger partial charge in [-0.05, 0) is 54.6 Å². The molecule has 1 aliphatic rings. The minimum atomic E-state index is -0.850. The third kappa shape index (κ3) is 7.95. The normalized spacial score (nSPS) is 12.9. The molecule has 0 radical (unpaired) electrons. The number of nitrogens with zero attached hydrogens (tertiary/aromatic N) is 2. The van der Waals surface area contributed by atoms with Crippen LogP contribution in [0.15, 0.2) is 78.9 Å². The average molecular weight is 558 g/mol. The molecule has 1 unspecified atom stereocenters. The molecule has 0 saturated heterocycles. The fourth-order valence-corrected chi connectivity index (χ4v) is 5.46. The van der Waals surface area contributed by atoms with E-state index < -0.39 is 18.1 Å². The van der Waals surface area contributed by atoms with Crippen LogP contribution in [-0.2, 0) is 20.9 Å². The molecule has 1 atom stereocenters. The predicted octanol–water partition coefficient (Wildman–Crippen LogP) is 5.13. The molecule has 8 heteroatoms. The highest BCUT2D eigenvalue weighted by Crippen LogP contribution is 2.44. The molecule has 2 amide bonds. The molecule has 0 heterocycles. The number of hydrogen-bond donors (Lipinski definition) is 2. The van der Waals surface area contributed by atoms with Crippen molar-refractivity contribution in [1.82, 2.24) is 15.1 Å². The third-order valence-corrected chi connectivity index (χ3v) is 7.49. The number of hydrogen-bond acceptors (Lipinski definition) is 5. The number of amides is 2. The van der Waals surface area contributed by atoms with Crippen molar-refractivity contribution in [2.45, 2.75) is 44.7 Å². The van der Waals surface area contributed by atoms with Gasteiger partial charge in [-0.25, -0.2) is 4.79 Å². The van der Waals surface area contributed by atoms with E-state index in [1.807, 2.05) is 73.5 Å². The van der Waals surface area contributed by atoms with E-state index in [0.29, 0.717) is 39.0 Å². The van der Waals surface area contributed by atoms with Gasteiger partial charge in [0.1, 0.15) is 12.6 Å². The van der Waals surface area contributed by atoms with E-state index in [4.69, 9.17) is 9.84 Å². The highest BCUT2D eigenvalue weighted by molar-refractivity contribution is 5.86. The van der Waals surface area contributed by atoms with E-state index in [1.165, 1.54) is 0 Å². The van der Waals surface area contributed by atoms with Crippen LogP contribution in [0, 0.1) is 0 Å². The second kappa shape index (κ2) is 14.5. The number of carbonyl (C=O) groups is 3. The summed E-state index contributed by atoms with van der Waals surface area (Å²) >= 11 is 0. The van der Waals surface area contributed by atoms with E-state index in [1.54, 1.807) is 4.90 Å². The Bertz CT molecular complexity index is 1280. The minimum absolute atomic E-state index is 0.0625. The van der Waals surface area contributed by atoms with Crippen molar-refractivity contribution in [3.8, 4) is 11.1 Å². The maximum absolute atomic E-state index is 13.6. The topological polar surface area (TPSA) is 99.2 Å². The molecule has 3 aromatic rings. The molecule has 1 aliphatic carbocycles. The van der Waals surface area contributed by atoms with Crippen LogP contribution in [-0.4, -0.2) is 72.2 Å². The maximum Gasteiger partial charge on any atom is 0.407 e. The van der Waals surface area contributed by atoms with Crippen LogP contribution in [0.25, 0.3) is 11.1 Å². The first-order chi connectivity index (χ1) is 19.9. The number of fused-ring (bicyclic) bond motifs is 3. The van der Waals surface area contributed by atoms with Crippen molar-refractivity contribution in [3.63, 3.8) is 0 Å². The van der Waals surface area contributed by atoms with E-state index in [-0.39, 0.29) is 24.9 Å². The van der Waals surface area contributed by atoms with E-state index in [0.717, 1.165) is 27.8 Å². The van der Waals surface area contributed by atoms with Gasteiger partial charge in [0, 0.05) is 38.5 Å². The number of benzene rings is 3. The summed E-state index contributed by atoms with van der Waals surface area (Å²) in [5.74, 6) is -1.14. The Hall–Kier alpha value is -4.17. The fourth-order valence-electron chi connectivity index (χ4n) is 5.46. The van der Waals surface area contributed by atoms with Crippen LogP contribution in [0.4, 0.5) is 4.79 Å². The number of carbonyl (C=O) groups excluding carboxylic acids is 2. The third-order valence-electron chi connectivity index (χ3n) is 7.49. The number of unbranched alkanes of at least 4 members (excludes halogenated alkanes) is 1. The molecule has 0 spiro atoms. The number of alkyl carbamates (subject to hydrolysis) is 1. The Morgan fingerprint density at radius 1 is 0.902 bits per heavy atom. The lowest BCUT2D eigenvalue weighted by Crippen LogP contribution is -2.53. The standard InChI is InChI=1S/C33H39N3O5/c1-3-36(20-12-11-19-31(37)38)32(39)30(22-35(2)21-24-13-5-4-6-14-24)34-33(40)41-23-29-27-17-9-7-15-25(27)26-16-8-10-18-28(26)29/h4-10,13-18,29-30H,3,11-12,19-23H2,1-2H3,(H,34,40)(H,37,38). The van der Waals surface area contributed by atoms with Gasteiger partial charge in [0.05, 0.1) is 0 Å². The molecule has 3 aromatic carbocycles. The number of carboxylic acids is 1. The van der Waals surface area contributed by atoms with Gasteiger partial charge in [-0.3, -0.25) is 14.5 Å². The number of rotatable bonds is 14. The van der Waals surface area contributed by atoms with E-state index in [9.17, 15) is 14.4 Å². The zero-order chi connectivity index (χ0) is 29.2. The lowest BCUT2D eigenvalue weighted by atomic mass is 9.98. The number of likely N-dealkylation sites (N-methyl/N-ethyl adjacent to an activating group) is 2. The van der Waals surface area contributed by atoms with Crippen molar-refractivity contribution in [2.24, 2.45) is 0 Å². The van der Waals surface area contributed by atoms with Crippen molar-refractivity contribution in [1.29, 1.82) is 0 Å². The Balaban J connectivity index is 1.43. The summed E-state index contributed by atoms with van der Waals surface area (Å²) in [7, 11) is 1.91. The summed E-state index contributed by atoms with van der Waals surface area (Å²) in [6, 6.07) is 25.4. The van der Waals surface area contributed by atoms with Crippen molar-refractivity contribution in [3.05, 3.63) is 95.6 Å². The van der Waals surface area contributed by atoms with Gasteiger partial charge >= 0.3 is 12.1 Å². The Morgan fingerprint density at radius 3 is 2.12 bits per heavy atom. The Morgan fingerprint density at radius 2 is 1.51 bits per heavy atom. The molecule has 0 aromatic heterocycles. The smallest absolute Gasteiger partial charge is 0.407 e. The molecule has 0 fully saturated rings. The van der Waals surface area contributed by atoms with Gasteiger partial charge in [-0.1, -0.05) is 78.9 Å². The summed E-state index contributed by atoms with van der Waals surface area (Å²) in [5.41, 5.74) is 5.64. The fraction of sp³-hybridized carbons (Fsp3) is 0.364. The van der Waals surface area contributed by atoms with Gasteiger partial charge in [0.25, 0.3) is 0 Å². The molecular formula is C33H39N3O5. The average Bonchev–Trinajstić information content (AvgIpc) is 3.29. The Labute approximate surface area is 241 Å². The highest BCUT2D eigenvalue weighted by atomic mass is 16.5. The predicted molar refractivity (Wildman–Crippen MR) is 159 cm³/mol. The van der Waals surface area contributed by atoms with Crippen LogP contribution in [0.1, 0.15) is 48.8 Å². The van der Waals surface area contributed by atoms with Gasteiger partial charge in [0.15, 0.2) is 0 Å². The number of carboxylic acid groups (broad SMARTS) is 1. The van der Waals surface area contributed by atoms with Crippen LogP contribution in [0.3, 0.4) is 0 Å². The zero-order valence-electron chi connectivity index (χ0n) is 23.8. The van der Waals surface area contributed by atoms with Crippen molar-refractivity contribution < 1.29 is 24.2 Å². The lowest BCUT2D eigenvalue weighted by molar-refractivity contribution is -0.137. The monoisotopic (exact) mass is 557 g/mol. The van der Waals surface area contributed by atoms with E-state index in [2.05, 4.69) is 29.6 Å². The molecule has 0 aliphatic heterocycles. The summed E-state index contributed by atoms with van der Waals surface area (Å²) in [5, 5.41) is 11.8. The zero-order valence-corrected chi connectivity index (χ0v) is 23.8. The van der Waals surface area contributed by atoms with Gasteiger partial charge in [-0.15, -0.1) is 0 Å². The second-order valence-corrected chi connectivity index (χ2v) is 10.5. The first-order valence-corrected chi connectivity index (χ1v) is 14.2. The lowest BCUT2D eigenvalue weighted by Gasteiger charge is -2.29. The maximum atomic E-state index is 13.6. The second-order valence-electron chi connectivity index (χ2n) is 10.5. The Kier molecular flexibility index (Phi) is 10.5. The molecule has 41 heavy (non-hydrogen) atoms. The number of nitrogens with one attached hydrogen (secondary N) is 1. The summed E-state index contributed by atoms with van der Waals surface area (Å²) in [6.45, 7) is 3.83. The van der Waals surface area contributed by atoms with Gasteiger partial charge < -0.3 is 20.1 Å². The highest BCUT2D eigenvalue weighted by Gasteiger charge is 2.31. The van der Waals surface area contributed by atoms with Crippen LogP contribution < -0.4 is 5.32 Å². The quantitative estimate of drug-likeness (QED) is 0.267. The van der Waals surface area contributed by atoms with Crippen molar-refractivity contribution >= 4 is 18.0 Å². The van der Waals surface area contributed by atoms with Gasteiger partial charge in [-0.2, -0.15) is 0 Å². The minimum Gasteiger partial charge on any atom is -0.481 e. The summed E-state index contributed by atoms with van der Waals surface area (Å²) in [6.07, 6.45) is 0.480. The van der Waals surface area contributed by atoms with Crippen molar-refractivity contribution in [2.75, 3.05) is 33.3 Å². The first-order valence-electron chi connectivity index (χ1n) is 14.2. The molecule has 0 saturated carbocycles. The molecule has 2 N–H and O–H groups in total. The summed E-state index contributed by atoms with van der Waals surface area (Å²) in [4.78, 5) is 41.3. The first kappa shape index (κ1) is 29.8. The van der Waals surface area contributed by atoms with Crippen LogP contribution >= 0.6 is 0 Å². The summed E-state index contributed by atoms with van der Waals surface area (Å²) < 4.78 is 5.75. The SMILES string of the molecule is CCN(CCCCC(=O)O)C(=O)C(CN(C)Cc1ccccc1)NC(=O)OCC1c2ccccc2-c2ccccc21. The number of aliphatic carboxylic acids is 1. The van der Waals surface area contributed by atoms with Gasteiger partial charge in [0.2, 0.25) is 5.91 Å².